The minimum atomic E-state index is -0.364. The molecule has 2 rings (SSSR count). The van der Waals surface area contributed by atoms with Crippen LogP contribution >= 0.6 is 0 Å². The molecular weight excluding hydrogens is 256 g/mol. The lowest BCUT2D eigenvalue weighted by Gasteiger charge is -2.18. The third-order valence-electron chi connectivity index (χ3n) is 3.61. The molecule has 1 atom stereocenters. The SMILES string of the molecule is Cc1ccccc1NC(=O)C(N)C1CCCC1.O=CO. The summed E-state index contributed by atoms with van der Waals surface area (Å²) in [6.45, 7) is 1.73. The monoisotopic (exact) mass is 278 g/mol. The van der Waals surface area contributed by atoms with Gasteiger partial charge in [0.25, 0.3) is 6.47 Å². The van der Waals surface area contributed by atoms with Crippen LogP contribution in [0, 0.1) is 12.8 Å². The minimum Gasteiger partial charge on any atom is -0.483 e. The zero-order valence-corrected chi connectivity index (χ0v) is 11.7. The third kappa shape index (κ3) is 4.66. The van der Waals surface area contributed by atoms with Gasteiger partial charge in [0.1, 0.15) is 0 Å². The number of hydrogen-bond donors (Lipinski definition) is 3. The van der Waals surface area contributed by atoms with Crippen LogP contribution in [0.3, 0.4) is 0 Å². The number of benzene rings is 1. The molecule has 4 N–H and O–H groups in total. The van der Waals surface area contributed by atoms with Crippen molar-refractivity contribution in [2.75, 3.05) is 5.32 Å². The number of aryl methyl sites for hydroxylation is 1. The first-order chi connectivity index (χ1) is 9.60. The second-order valence-electron chi connectivity index (χ2n) is 4.98. The average molecular weight is 278 g/mol. The Labute approximate surface area is 119 Å². The summed E-state index contributed by atoms with van der Waals surface area (Å²) in [4.78, 5) is 20.4. The van der Waals surface area contributed by atoms with Crippen molar-refractivity contribution in [1.82, 2.24) is 0 Å². The quantitative estimate of drug-likeness (QED) is 0.739. The van der Waals surface area contributed by atoms with Gasteiger partial charge in [-0.25, -0.2) is 0 Å². The Balaban J connectivity index is 0.000000612. The molecule has 1 aromatic rings. The van der Waals surface area contributed by atoms with Crippen LogP contribution in [0.2, 0.25) is 0 Å². The summed E-state index contributed by atoms with van der Waals surface area (Å²) in [6, 6.07) is 7.41. The smallest absolute Gasteiger partial charge is 0.290 e. The van der Waals surface area contributed by atoms with E-state index in [1.807, 2.05) is 31.2 Å². The van der Waals surface area contributed by atoms with E-state index in [1.54, 1.807) is 0 Å². The molecule has 0 saturated heterocycles. The largest absolute Gasteiger partial charge is 0.483 e. The maximum absolute atomic E-state index is 12.0. The highest BCUT2D eigenvalue weighted by atomic mass is 16.3. The maximum atomic E-state index is 12.0. The topological polar surface area (TPSA) is 92.4 Å². The molecule has 0 aromatic heterocycles. The maximum Gasteiger partial charge on any atom is 0.290 e. The van der Waals surface area contributed by atoms with Gasteiger partial charge < -0.3 is 16.2 Å². The Morgan fingerprint density at radius 2 is 1.95 bits per heavy atom. The average Bonchev–Trinajstić information content (AvgIpc) is 2.95. The molecule has 1 saturated carbocycles. The summed E-state index contributed by atoms with van der Waals surface area (Å²) in [5.74, 6) is 0.310. The standard InChI is InChI=1S/C14H20N2O.CH2O2/c1-10-6-2-5-9-12(10)16-14(17)13(15)11-7-3-4-8-11;2-1-3/h2,5-6,9,11,13H,3-4,7-8,15H2,1H3,(H,16,17);1H,(H,2,3). The van der Waals surface area contributed by atoms with Crippen LogP contribution in [0.5, 0.6) is 0 Å². The Morgan fingerprint density at radius 3 is 2.50 bits per heavy atom. The molecule has 0 spiro atoms. The van der Waals surface area contributed by atoms with Crippen LogP contribution < -0.4 is 11.1 Å². The molecule has 20 heavy (non-hydrogen) atoms. The molecule has 0 radical (unpaired) electrons. The number of rotatable bonds is 3. The lowest BCUT2D eigenvalue weighted by Crippen LogP contribution is -2.41. The lowest BCUT2D eigenvalue weighted by molar-refractivity contribution is -0.123. The number of carbonyl (C=O) groups is 2. The minimum absolute atomic E-state index is 0.0498. The second kappa shape index (κ2) is 8.32. The summed E-state index contributed by atoms with van der Waals surface area (Å²) in [7, 11) is 0. The van der Waals surface area contributed by atoms with E-state index < -0.39 is 0 Å². The Kier molecular flexibility index (Phi) is 6.73. The van der Waals surface area contributed by atoms with Gasteiger partial charge in [0.2, 0.25) is 5.91 Å². The van der Waals surface area contributed by atoms with Crippen LogP contribution in [0.25, 0.3) is 0 Å². The van der Waals surface area contributed by atoms with Gasteiger partial charge in [-0.05, 0) is 37.3 Å². The van der Waals surface area contributed by atoms with Crippen molar-refractivity contribution in [2.45, 2.75) is 38.6 Å². The van der Waals surface area contributed by atoms with Crippen molar-refractivity contribution in [1.29, 1.82) is 0 Å². The molecule has 1 unspecified atom stereocenters. The summed E-state index contributed by atoms with van der Waals surface area (Å²) in [5.41, 5.74) is 7.94. The van der Waals surface area contributed by atoms with E-state index >= 15 is 0 Å². The highest BCUT2D eigenvalue weighted by Gasteiger charge is 2.27. The van der Waals surface area contributed by atoms with Crippen LogP contribution in [0.4, 0.5) is 5.69 Å². The fourth-order valence-corrected chi connectivity index (χ4v) is 2.46. The summed E-state index contributed by atoms with van der Waals surface area (Å²) < 4.78 is 0. The highest BCUT2D eigenvalue weighted by molar-refractivity contribution is 5.95. The van der Waals surface area contributed by atoms with E-state index in [9.17, 15) is 4.79 Å². The van der Waals surface area contributed by atoms with E-state index in [4.69, 9.17) is 15.6 Å². The van der Waals surface area contributed by atoms with E-state index in [2.05, 4.69) is 5.32 Å². The number of hydrogen-bond acceptors (Lipinski definition) is 3. The van der Waals surface area contributed by atoms with Gasteiger partial charge >= 0.3 is 0 Å². The molecule has 0 bridgehead atoms. The van der Waals surface area contributed by atoms with Gasteiger partial charge in [-0.1, -0.05) is 31.0 Å². The molecule has 1 aromatic carbocycles. The van der Waals surface area contributed by atoms with Gasteiger partial charge in [0, 0.05) is 5.69 Å². The first-order valence-electron chi connectivity index (χ1n) is 6.80. The number of anilines is 1. The first-order valence-corrected chi connectivity index (χ1v) is 6.80. The Bertz CT molecular complexity index is 442. The van der Waals surface area contributed by atoms with E-state index in [-0.39, 0.29) is 18.4 Å². The molecule has 5 nitrogen and oxygen atoms in total. The lowest BCUT2D eigenvalue weighted by atomic mass is 9.98. The normalized spacial score (nSPS) is 15.9. The van der Waals surface area contributed by atoms with Gasteiger partial charge in [-0.2, -0.15) is 0 Å². The molecule has 0 heterocycles. The fourth-order valence-electron chi connectivity index (χ4n) is 2.46. The number of para-hydroxylation sites is 1. The van der Waals surface area contributed by atoms with Crippen molar-refractivity contribution in [3.8, 4) is 0 Å². The summed E-state index contributed by atoms with van der Waals surface area (Å²) in [6.07, 6.45) is 4.58. The zero-order valence-electron chi connectivity index (χ0n) is 11.7. The molecule has 1 amide bonds. The predicted octanol–water partition coefficient (Wildman–Crippen LogP) is 2.15. The van der Waals surface area contributed by atoms with Crippen LogP contribution in [-0.2, 0) is 9.59 Å². The van der Waals surface area contributed by atoms with Gasteiger partial charge in [-0.3, -0.25) is 9.59 Å². The van der Waals surface area contributed by atoms with Gasteiger partial charge in [0.15, 0.2) is 0 Å². The summed E-state index contributed by atoms with van der Waals surface area (Å²) in [5, 5.41) is 9.81. The van der Waals surface area contributed by atoms with E-state index in [0.717, 1.165) is 24.1 Å². The Hall–Kier alpha value is -1.88. The first kappa shape index (κ1) is 16.2. The molecule has 1 aliphatic carbocycles. The Morgan fingerprint density at radius 1 is 1.40 bits per heavy atom. The fraction of sp³-hybridized carbons (Fsp3) is 0.467. The molecule has 110 valence electrons. The number of carbonyl (C=O) groups excluding carboxylic acids is 1. The van der Waals surface area contributed by atoms with Crippen molar-refractivity contribution < 1.29 is 14.7 Å². The van der Waals surface area contributed by atoms with Gasteiger partial charge in [-0.15, -0.1) is 0 Å². The molecule has 5 heteroatoms. The van der Waals surface area contributed by atoms with Crippen molar-refractivity contribution in [3.63, 3.8) is 0 Å². The number of carboxylic acid groups (broad SMARTS) is 1. The van der Waals surface area contributed by atoms with E-state index in [0.29, 0.717) is 5.92 Å². The van der Waals surface area contributed by atoms with Crippen LogP contribution in [0.15, 0.2) is 24.3 Å². The van der Waals surface area contributed by atoms with Crippen molar-refractivity contribution >= 4 is 18.1 Å². The van der Waals surface area contributed by atoms with Crippen LogP contribution in [0.1, 0.15) is 31.2 Å². The zero-order chi connectivity index (χ0) is 15.0. The third-order valence-corrected chi connectivity index (χ3v) is 3.61. The predicted molar refractivity (Wildman–Crippen MR) is 78.4 cm³/mol. The molecule has 1 aliphatic rings. The molecule has 0 aliphatic heterocycles. The van der Waals surface area contributed by atoms with E-state index in [1.165, 1.54) is 12.8 Å². The van der Waals surface area contributed by atoms with Crippen molar-refractivity contribution in [2.24, 2.45) is 11.7 Å². The van der Waals surface area contributed by atoms with Crippen LogP contribution in [-0.4, -0.2) is 23.5 Å². The highest BCUT2D eigenvalue weighted by Crippen LogP contribution is 2.27. The number of nitrogens with two attached hydrogens (primary N) is 1. The number of amides is 1. The number of nitrogens with one attached hydrogen (secondary N) is 1. The molecular formula is C15H22N2O3. The summed E-state index contributed by atoms with van der Waals surface area (Å²) >= 11 is 0. The second-order valence-corrected chi connectivity index (χ2v) is 4.98. The van der Waals surface area contributed by atoms with Gasteiger partial charge in [0.05, 0.1) is 6.04 Å². The van der Waals surface area contributed by atoms with Crippen molar-refractivity contribution in [3.05, 3.63) is 29.8 Å². The molecule has 1 fully saturated rings.